The number of carbonyl (C=O) groups is 1. The van der Waals surface area contributed by atoms with E-state index in [9.17, 15) is 13.2 Å². The summed E-state index contributed by atoms with van der Waals surface area (Å²) >= 11 is 1.58. The summed E-state index contributed by atoms with van der Waals surface area (Å²) in [6, 6.07) is 17.5. The summed E-state index contributed by atoms with van der Waals surface area (Å²) in [5, 5.41) is 5.63. The molecule has 2 aromatic carbocycles. The van der Waals surface area contributed by atoms with E-state index in [0.717, 1.165) is 23.5 Å². The van der Waals surface area contributed by atoms with Gasteiger partial charge in [0, 0.05) is 28.5 Å². The molecule has 4 rings (SSSR count). The van der Waals surface area contributed by atoms with Crippen LogP contribution in [0.2, 0.25) is 0 Å². The standard InChI is InChI=1S/C23H25N3O3S2/c1-16(17-6-4-3-5-7-17)24-23(27)25-19-8-10-21(11-9-19)31(28,29)15-20-12-18-13-26(2)14-22(18)30-20/h3-12,16H,13-15H2,1-2H3,(H2,24,25,27)/t16-/m1/s1. The second kappa shape index (κ2) is 8.82. The number of amides is 2. The number of urea groups is 1. The van der Waals surface area contributed by atoms with Crippen LogP contribution in [0.1, 0.15) is 33.8 Å². The largest absolute Gasteiger partial charge is 0.331 e. The van der Waals surface area contributed by atoms with E-state index >= 15 is 0 Å². The Labute approximate surface area is 186 Å². The molecule has 0 spiro atoms. The predicted molar refractivity (Wildman–Crippen MR) is 124 cm³/mol. The molecule has 0 radical (unpaired) electrons. The van der Waals surface area contributed by atoms with Gasteiger partial charge in [-0.05, 0) is 55.4 Å². The van der Waals surface area contributed by atoms with Gasteiger partial charge in [-0.3, -0.25) is 4.90 Å². The molecule has 0 saturated heterocycles. The summed E-state index contributed by atoms with van der Waals surface area (Å²) in [7, 11) is -1.39. The molecule has 0 aliphatic carbocycles. The highest BCUT2D eigenvalue weighted by Crippen LogP contribution is 2.32. The highest BCUT2D eigenvalue weighted by molar-refractivity contribution is 7.90. The Morgan fingerprint density at radius 1 is 1.10 bits per heavy atom. The maximum absolute atomic E-state index is 12.8. The summed E-state index contributed by atoms with van der Waals surface area (Å²) in [5.74, 6) is -0.00374. The second-order valence-corrected chi connectivity index (χ2v) is 11.1. The van der Waals surface area contributed by atoms with Crippen LogP contribution in [0, 0.1) is 0 Å². The van der Waals surface area contributed by atoms with Gasteiger partial charge >= 0.3 is 6.03 Å². The van der Waals surface area contributed by atoms with Crippen LogP contribution < -0.4 is 10.6 Å². The maximum Gasteiger partial charge on any atom is 0.319 e. The first-order chi connectivity index (χ1) is 14.8. The summed E-state index contributed by atoms with van der Waals surface area (Å²) in [4.78, 5) is 16.9. The number of hydrogen-bond acceptors (Lipinski definition) is 5. The Bertz CT molecular complexity index is 1150. The molecule has 2 heterocycles. The maximum atomic E-state index is 12.8. The van der Waals surface area contributed by atoms with Crippen LogP contribution >= 0.6 is 11.3 Å². The lowest BCUT2D eigenvalue weighted by Gasteiger charge is -2.15. The Kier molecular flexibility index (Phi) is 6.13. The summed E-state index contributed by atoms with van der Waals surface area (Å²) < 4.78 is 25.7. The average Bonchev–Trinajstić information content (AvgIpc) is 3.25. The fourth-order valence-electron chi connectivity index (χ4n) is 3.66. The van der Waals surface area contributed by atoms with Crippen LogP contribution in [0.25, 0.3) is 0 Å². The van der Waals surface area contributed by atoms with Crippen molar-refractivity contribution in [1.29, 1.82) is 0 Å². The highest BCUT2D eigenvalue weighted by Gasteiger charge is 2.22. The first-order valence-corrected chi connectivity index (χ1v) is 12.5. The van der Waals surface area contributed by atoms with E-state index in [2.05, 4.69) is 22.6 Å². The summed E-state index contributed by atoms with van der Waals surface area (Å²) in [6.45, 7) is 3.66. The molecule has 2 amide bonds. The predicted octanol–water partition coefficient (Wildman–Crippen LogP) is 4.55. The fourth-order valence-corrected chi connectivity index (χ4v) is 6.60. The molecule has 0 bridgehead atoms. The number of sulfone groups is 1. The van der Waals surface area contributed by atoms with Gasteiger partial charge in [-0.1, -0.05) is 30.3 Å². The van der Waals surface area contributed by atoms with Crippen molar-refractivity contribution < 1.29 is 13.2 Å². The van der Waals surface area contributed by atoms with Crippen molar-refractivity contribution in [2.45, 2.75) is 36.7 Å². The molecule has 1 atom stereocenters. The lowest BCUT2D eigenvalue weighted by atomic mass is 10.1. The zero-order valence-corrected chi connectivity index (χ0v) is 19.1. The lowest BCUT2D eigenvalue weighted by Crippen LogP contribution is -2.31. The fraction of sp³-hybridized carbons (Fsp3) is 0.261. The highest BCUT2D eigenvalue weighted by atomic mass is 32.2. The minimum absolute atomic E-state index is 0.00374. The van der Waals surface area contributed by atoms with Crippen molar-refractivity contribution in [3.63, 3.8) is 0 Å². The van der Waals surface area contributed by atoms with Crippen LogP contribution in [-0.2, 0) is 28.7 Å². The van der Waals surface area contributed by atoms with Crippen molar-refractivity contribution in [2.24, 2.45) is 0 Å². The van der Waals surface area contributed by atoms with Crippen LogP contribution in [0.15, 0.2) is 65.6 Å². The number of fused-ring (bicyclic) bond motifs is 1. The summed E-state index contributed by atoms with van der Waals surface area (Å²) in [6.07, 6.45) is 0. The molecule has 1 aliphatic heterocycles. The summed E-state index contributed by atoms with van der Waals surface area (Å²) in [5.41, 5.74) is 2.77. The molecule has 8 heteroatoms. The number of nitrogens with one attached hydrogen (secondary N) is 2. The number of hydrogen-bond donors (Lipinski definition) is 2. The molecule has 0 unspecified atom stereocenters. The number of thiophene rings is 1. The van der Waals surface area contributed by atoms with E-state index in [1.165, 1.54) is 10.4 Å². The monoisotopic (exact) mass is 455 g/mol. The first kappa shape index (κ1) is 21.5. The minimum Gasteiger partial charge on any atom is -0.331 e. The van der Waals surface area contributed by atoms with Gasteiger partial charge < -0.3 is 10.6 Å². The Balaban J connectivity index is 1.37. The molecule has 6 nitrogen and oxygen atoms in total. The smallest absolute Gasteiger partial charge is 0.319 e. The van der Waals surface area contributed by atoms with E-state index in [1.54, 1.807) is 35.6 Å². The van der Waals surface area contributed by atoms with E-state index < -0.39 is 9.84 Å². The van der Waals surface area contributed by atoms with Crippen molar-refractivity contribution >= 4 is 32.9 Å². The molecule has 162 valence electrons. The molecule has 3 aromatic rings. The second-order valence-electron chi connectivity index (χ2n) is 7.85. The zero-order valence-electron chi connectivity index (χ0n) is 17.5. The molecule has 31 heavy (non-hydrogen) atoms. The van der Waals surface area contributed by atoms with E-state index in [1.807, 2.05) is 43.3 Å². The third-order valence-corrected chi connectivity index (χ3v) is 8.28. The topological polar surface area (TPSA) is 78.5 Å². The van der Waals surface area contributed by atoms with Crippen LogP contribution in [0.3, 0.4) is 0 Å². The van der Waals surface area contributed by atoms with Gasteiger partial charge in [0.15, 0.2) is 9.84 Å². The van der Waals surface area contributed by atoms with Crippen LogP contribution in [0.5, 0.6) is 0 Å². The van der Waals surface area contributed by atoms with Gasteiger partial charge in [0.2, 0.25) is 0 Å². The Morgan fingerprint density at radius 3 is 2.48 bits per heavy atom. The Morgan fingerprint density at radius 2 is 1.81 bits per heavy atom. The molecular weight excluding hydrogens is 430 g/mol. The van der Waals surface area contributed by atoms with Gasteiger partial charge in [0.05, 0.1) is 16.7 Å². The van der Waals surface area contributed by atoms with Gasteiger partial charge in [-0.25, -0.2) is 13.2 Å². The van der Waals surface area contributed by atoms with Crippen molar-refractivity contribution in [3.05, 3.63) is 81.5 Å². The normalized spacial score (nSPS) is 14.8. The number of anilines is 1. The number of benzene rings is 2. The van der Waals surface area contributed by atoms with Gasteiger partial charge in [-0.15, -0.1) is 11.3 Å². The molecule has 0 saturated carbocycles. The number of carbonyl (C=O) groups excluding carboxylic acids is 1. The minimum atomic E-state index is -3.45. The van der Waals surface area contributed by atoms with Crippen molar-refractivity contribution in [3.8, 4) is 0 Å². The first-order valence-electron chi connectivity index (χ1n) is 10.0. The SMILES string of the molecule is C[C@@H](NC(=O)Nc1ccc(S(=O)(=O)Cc2cc3c(s2)CN(C)C3)cc1)c1ccccc1. The average molecular weight is 456 g/mol. The van der Waals surface area contributed by atoms with Crippen molar-refractivity contribution in [1.82, 2.24) is 10.2 Å². The molecule has 1 aromatic heterocycles. The zero-order chi connectivity index (χ0) is 22.0. The van der Waals surface area contributed by atoms with Gasteiger partial charge in [-0.2, -0.15) is 0 Å². The lowest BCUT2D eigenvalue weighted by molar-refractivity contribution is 0.249. The molecule has 2 N–H and O–H groups in total. The van der Waals surface area contributed by atoms with Crippen molar-refractivity contribution in [2.75, 3.05) is 12.4 Å². The molecular formula is C23H25N3O3S2. The molecule has 1 aliphatic rings. The van der Waals surface area contributed by atoms with Crippen LogP contribution in [0.4, 0.5) is 10.5 Å². The third kappa shape index (κ3) is 5.15. The van der Waals surface area contributed by atoms with Gasteiger partial charge in [0.1, 0.15) is 0 Å². The van der Waals surface area contributed by atoms with E-state index in [4.69, 9.17) is 0 Å². The number of nitrogens with zero attached hydrogens (tertiary/aromatic N) is 1. The van der Waals surface area contributed by atoms with Crippen LogP contribution in [-0.4, -0.2) is 26.4 Å². The number of rotatable bonds is 6. The Hall–Kier alpha value is -2.68. The van der Waals surface area contributed by atoms with E-state index in [0.29, 0.717) is 5.69 Å². The molecule has 0 fully saturated rings. The van der Waals surface area contributed by atoms with Gasteiger partial charge in [0.25, 0.3) is 0 Å². The third-order valence-electron chi connectivity index (χ3n) is 5.25. The van der Waals surface area contributed by atoms with E-state index in [-0.39, 0.29) is 22.7 Å². The quantitative estimate of drug-likeness (QED) is 0.572.